The molecule has 0 spiro atoms. The minimum absolute atomic E-state index is 0.286. The van der Waals surface area contributed by atoms with Crippen molar-refractivity contribution in [3.8, 4) is 141 Å². The third-order valence-corrected chi connectivity index (χ3v) is 19.5. The van der Waals surface area contributed by atoms with Gasteiger partial charge in [-0.25, -0.2) is 4.85 Å². The van der Waals surface area contributed by atoms with Crippen molar-refractivity contribution in [3.05, 3.63) is 368 Å². The van der Waals surface area contributed by atoms with Crippen LogP contribution in [-0.2, 0) is 0 Å². The van der Waals surface area contributed by atoms with Crippen molar-refractivity contribution >= 4 is 49.3 Å². The molecule has 2 heterocycles. The number of aromatic nitrogens is 2. The Hall–Kier alpha value is -14.1. The van der Waals surface area contributed by atoms with Gasteiger partial charge in [-0.2, -0.15) is 15.8 Å². The molecule has 0 bridgehead atoms. The second kappa shape index (κ2) is 25.2. The van der Waals surface area contributed by atoms with E-state index in [1.807, 2.05) is 146 Å². The molecule has 6 heteroatoms. The average molecular weight is 1270 g/mol. The van der Waals surface area contributed by atoms with Gasteiger partial charge in [0.25, 0.3) is 0 Å². The highest BCUT2D eigenvalue weighted by Gasteiger charge is 2.33. The van der Waals surface area contributed by atoms with Gasteiger partial charge in [0.2, 0.25) is 5.69 Å². The summed E-state index contributed by atoms with van der Waals surface area (Å²) >= 11 is 0. The number of rotatable bonds is 12. The summed E-state index contributed by atoms with van der Waals surface area (Å²) in [4.78, 5) is 4.62. The molecular formula is C94H56N6. The maximum absolute atomic E-state index is 12.3. The molecule has 0 N–H and O–H groups in total. The molecule has 0 saturated heterocycles. The topological polar surface area (TPSA) is 85.6 Å². The van der Waals surface area contributed by atoms with Crippen molar-refractivity contribution in [2.24, 2.45) is 0 Å². The molecule has 15 aromatic carbocycles. The second-order valence-electron chi connectivity index (χ2n) is 25.0. The highest BCUT2D eigenvalue weighted by molar-refractivity contribution is 6.17. The van der Waals surface area contributed by atoms with Crippen molar-refractivity contribution in [2.75, 3.05) is 0 Å². The van der Waals surface area contributed by atoms with Gasteiger partial charge in [-0.15, -0.1) is 0 Å². The molecule has 0 atom stereocenters. The second-order valence-corrected chi connectivity index (χ2v) is 25.0. The number of fused-ring (bicyclic) bond motifs is 6. The minimum atomic E-state index is 0.286. The summed E-state index contributed by atoms with van der Waals surface area (Å²) in [5, 5.41) is 40.5. The molecule has 0 radical (unpaired) electrons. The largest absolute Gasteiger partial charge is 0.318 e. The first-order valence-corrected chi connectivity index (χ1v) is 33.3. The maximum atomic E-state index is 12.3. The number of hydrogen-bond acceptors (Lipinski definition) is 3. The van der Waals surface area contributed by atoms with Gasteiger partial charge in [0.05, 0.1) is 62.8 Å². The molecular weight excluding hydrogens is 1210 g/mol. The first kappa shape index (κ1) is 59.6. The van der Waals surface area contributed by atoms with Gasteiger partial charge in [-0.1, -0.05) is 291 Å². The van der Waals surface area contributed by atoms with Crippen LogP contribution in [0.25, 0.3) is 171 Å². The third kappa shape index (κ3) is 10.0. The first-order valence-electron chi connectivity index (χ1n) is 33.3. The molecule has 0 aliphatic rings. The lowest BCUT2D eigenvalue weighted by molar-refractivity contribution is 1.17. The van der Waals surface area contributed by atoms with Gasteiger partial charge in [-0.3, -0.25) is 0 Å². The van der Waals surface area contributed by atoms with E-state index in [2.05, 4.69) is 226 Å². The normalized spacial score (nSPS) is 11.2. The molecule has 0 saturated carbocycles. The number of nitrogens with zero attached hydrogens (tertiary/aromatic N) is 6. The van der Waals surface area contributed by atoms with E-state index in [9.17, 15) is 22.4 Å². The third-order valence-electron chi connectivity index (χ3n) is 19.5. The summed E-state index contributed by atoms with van der Waals surface area (Å²) < 4.78 is 4.48. The highest BCUT2D eigenvalue weighted by atomic mass is 15.0. The van der Waals surface area contributed by atoms with Crippen LogP contribution in [0.3, 0.4) is 0 Å². The van der Waals surface area contributed by atoms with Gasteiger partial charge in [-0.05, 0) is 126 Å². The molecule has 0 amide bonds. The molecule has 0 unspecified atom stereocenters. The van der Waals surface area contributed by atoms with Crippen molar-refractivity contribution in [1.82, 2.24) is 9.13 Å². The maximum Gasteiger partial charge on any atom is 0.220 e. The van der Waals surface area contributed by atoms with Crippen molar-refractivity contribution in [1.29, 1.82) is 15.8 Å². The fourth-order valence-corrected chi connectivity index (χ4v) is 15.0. The monoisotopic (exact) mass is 1270 g/mol. The lowest BCUT2D eigenvalue weighted by Crippen LogP contribution is -2.08. The van der Waals surface area contributed by atoms with Gasteiger partial charge >= 0.3 is 0 Å². The molecule has 17 rings (SSSR count). The van der Waals surface area contributed by atoms with Crippen LogP contribution >= 0.6 is 0 Å². The molecule has 17 aromatic rings. The Balaban J connectivity index is 0.962. The fraction of sp³-hybridized carbons (Fsp3) is 0. The van der Waals surface area contributed by atoms with Crippen LogP contribution in [0.15, 0.2) is 340 Å². The predicted molar refractivity (Wildman–Crippen MR) is 410 cm³/mol. The Morgan fingerprint density at radius 2 is 0.450 bits per heavy atom. The molecule has 2 aromatic heterocycles. The lowest BCUT2D eigenvalue weighted by atomic mass is 9.81. The van der Waals surface area contributed by atoms with E-state index < -0.39 is 0 Å². The lowest BCUT2D eigenvalue weighted by Gasteiger charge is -2.25. The Labute approximate surface area is 579 Å². The smallest absolute Gasteiger partial charge is 0.220 e. The highest BCUT2D eigenvalue weighted by Crippen LogP contribution is 2.55. The van der Waals surface area contributed by atoms with Crippen LogP contribution < -0.4 is 0 Å². The summed E-state index contributed by atoms with van der Waals surface area (Å²) in [7, 11) is 0. The summed E-state index contributed by atoms with van der Waals surface area (Å²) in [6.07, 6.45) is 0. The van der Waals surface area contributed by atoms with E-state index in [0.717, 1.165) is 122 Å². The van der Waals surface area contributed by atoms with Gasteiger partial charge in [0.1, 0.15) is 12.1 Å². The number of nitriles is 3. The SMILES string of the molecule is [C-]#[N+]c1c(-c2ccc(-c3c(C#N)c(-c4ccccc4)c(-c4ccccc4)c(-n4c5ccc(-c6ccccc6)cc5c5cc(-c6ccccc6)ccc54)c3C#N)cc2)c(C#N)c(-c2ccccc2)c(-c2ccccc2)c1-n1c2ccc(-c3ccccc3)cc2c2cc(-c3ccccc3)ccc21. The van der Waals surface area contributed by atoms with Crippen LogP contribution in [0.1, 0.15) is 16.7 Å². The summed E-state index contributed by atoms with van der Waals surface area (Å²) in [5.74, 6) is 0. The van der Waals surface area contributed by atoms with Crippen molar-refractivity contribution in [3.63, 3.8) is 0 Å². The Morgan fingerprint density at radius 1 is 0.220 bits per heavy atom. The zero-order valence-electron chi connectivity index (χ0n) is 54.0. The molecule has 0 aliphatic carbocycles. The molecule has 0 aliphatic heterocycles. The standard InChI is InChI=1S/C94H56N6/c1-98-92-89(80(59-96)88(66-36-20-7-21-37-66)91(68-40-24-9-25-41-68)94(92)100-84-52-48-73(63-30-14-4-15-31-63)56-77(84)78-57-74(49-53-85(78)100)64-32-16-5-17-33-64)70-44-42-69(43-45-70)86-79(58-95)87(65-34-18-6-19-35-65)90(67-38-22-8-23-39-67)93(81(86)60-97)99-82-50-46-71(61-26-10-2-11-27-61)54-75(82)76-55-72(47-51-83(76)99)62-28-12-3-13-29-62/h2-57H. The molecule has 6 nitrogen and oxygen atoms in total. The van der Waals surface area contributed by atoms with E-state index in [-0.39, 0.29) is 5.69 Å². The van der Waals surface area contributed by atoms with Crippen LogP contribution in [0.5, 0.6) is 0 Å². The van der Waals surface area contributed by atoms with Crippen molar-refractivity contribution in [2.45, 2.75) is 0 Å². The quantitative estimate of drug-likeness (QED) is 0.114. The Bertz CT molecular complexity index is 5650. The first-order chi connectivity index (χ1) is 49.5. The minimum Gasteiger partial charge on any atom is -0.318 e. The van der Waals surface area contributed by atoms with Gasteiger partial charge in [0, 0.05) is 54.9 Å². The number of benzene rings is 15. The van der Waals surface area contributed by atoms with E-state index in [4.69, 9.17) is 0 Å². The molecule has 462 valence electrons. The van der Waals surface area contributed by atoms with E-state index in [1.54, 1.807) is 0 Å². The molecule has 0 fully saturated rings. The van der Waals surface area contributed by atoms with Crippen LogP contribution in [0, 0.1) is 40.6 Å². The Morgan fingerprint density at radius 3 is 0.740 bits per heavy atom. The van der Waals surface area contributed by atoms with E-state index >= 15 is 0 Å². The summed E-state index contributed by atoms with van der Waals surface area (Å²) in [5.41, 5.74) is 22.8. The predicted octanol–water partition coefficient (Wildman–Crippen LogP) is 24.7. The Kier molecular flexibility index (Phi) is 15.0. The number of hydrogen-bond donors (Lipinski definition) is 0. The zero-order valence-corrected chi connectivity index (χ0v) is 54.0. The van der Waals surface area contributed by atoms with Crippen molar-refractivity contribution < 1.29 is 0 Å². The fourth-order valence-electron chi connectivity index (χ4n) is 15.0. The molecule has 100 heavy (non-hydrogen) atoms. The summed E-state index contributed by atoms with van der Waals surface area (Å²) in [6, 6.07) is 124. The summed E-state index contributed by atoms with van der Waals surface area (Å²) in [6.45, 7) is 9.62. The van der Waals surface area contributed by atoms with Gasteiger partial charge < -0.3 is 9.13 Å². The van der Waals surface area contributed by atoms with Crippen LogP contribution in [0.4, 0.5) is 5.69 Å². The van der Waals surface area contributed by atoms with E-state index in [1.165, 1.54) is 0 Å². The zero-order chi connectivity index (χ0) is 67.2. The van der Waals surface area contributed by atoms with Crippen LogP contribution in [-0.4, -0.2) is 9.13 Å². The van der Waals surface area contributed by atoms with Crippen LogP contribution in [0.2, 0.25) is 0 Å². The van der Waals surface area contributed by atoms with Gasteiger partial charge in [0.15, 0.2) is 0 Å². The average Bonchev–Trinajstić information content (AvgIpc) is 1.41. The van der Waals surface area contributed by atoms with E-state index in [0.29, 0.717) is 61.4 Å².